The highest BCUT2D eigenvalue weighted by atomic mass is 35.5. The second-order valence-corrected chi connectivity index (χ2v) is 4.02. The number of carbonyl (C=O) groups is 1. The first-order chi connectivity index (χ1) is 7.70. The molecule has 1 aromatic carbocycles. The monoisotopic (exact) mass is 251 g/mol. The van der Waals surface area contributed by atoms with Crippen LogP contribution in [0.4, 0.5) is 0 Å². The van der Waals surface area contributed by atoms with E-state index in [4.69, 9.17) is 23.2 Å². The summed E-state index contributed by atoms with van der Waals surface area (Å²) in [6.45, 7) is 0. The number of aldehydes is 1. The number of hydrogen-bond acceptors (Lipinski definition) is 2. The first kappa shape index (κ1) is 11.1. The molecule has 0 fully saturated rings. The van der Waals surface area contributed by atoms with Crippen molar-refractivity contribution in [3.63, 3.8) is 0 Å². The van der Waals surface area contributed by atoms with Crippen molar-refractivity contribution in [3.05, 3.63) is 52.1 Å². The minimum atomic E-state index is 0.384. The van der Waals surface area contributed by atoms with Crippen LogP contribution in [0.2, 0.25) is 10.2 Å². The third kappa shape index (κ3) is 2.23. The van der Waals surface area contributed by atoms with Gasteiger partial charge in [0.1, 0.15) is 5.15 Å². The molecule has 16 heavy (non-hydrogen) atoms. The molecule has 0 atom stereocenters. The van der Waals surface area contributed by atoms with E-state index in [0.717, 1.165) is 6.29 Å². The fourth-order valence-corrected chi connectivity index (χ4v) is 1.75. The van der Waals surface area contributed by atoms with Crippen molar-refractivity contribution in [2.45, 2.75) is 0 Å². The van der Waals surface area contributed by atoms with E-state index >= 15 is 0 Å². The second kappa shape index (κ2) is 4.64. The molecule has 0 aliphatic rings. The van der Waals surface area contributed by atoms with Crippen molar-refractivity contribution < 1.29 is 4.79 Å². The Morgan fingerprint density at radius 1 is 1.12 bits per heavy atom. The molecule has 0 spiro atoms. The average molecular weight is 252 g/mol. The molecule has 0 radical (unpaired) electrons. The number of benzene rings is 1. The SMILES string of the molecule is O=Cc1ccc(Cl)cc1-c1cccc(Cl)n1. The van der Waals surface area contributed by atoms with Crippen LogP contribution in [0, 0.1) is 0 Å². The van der Waals surface area contributed by atoms with Crippen LogP contribution in [-0.2, 0) is 0 Å². The summed E-state index contributed by atoms with van der Waals surface area (Å²) in [4.78, 5) is 15.0. The van der Waals surface area contributed by atoms with Gasteiger partial charge in [0, 0.05) is 16.1 Å². The fourth-order valence-electron chi connectivity index (χ4n) is 1.41. The zero-order valence-corrected chi connectivity index (χ0v) is 9.66. The maximum absolute atomic E-state index is 10.9. The van der Waals surface area contributed by atoms with E-state index in [2.05, 4.69) is 4.98 Å². The summed E-state index contributed by atoms with van der Waals surface area (Å²) in [6.07, 6.45) is 0.772. The molecule has 2 nitrogen and oxygen atoms in total. The molecule has 0 saturated carbocycles. The van der Waals surface area contributed by atoms with Gasteiger partial charge in [0.25, 0.3) is 0 Å². The zero-order valence-electron chi connectivity index (χ0n) is 8.15. The molecule has 0 N–H and O–H groups in total. The van der Waals surface area contributed by atoms with Crippen LogP contribution < -0.4 is 0 Å². The van der Waals surface area contributed by atoms with Gasteiger partial charge in [0.15, 0.2) is 6.29 Å². The summed E-state index contributed by atoms with van der Waals surface area (Å²) in [7, 11) is 0. The van der Waals surface area contributed by atoms with Crippen molar-refractivity contribution in [1.29, 1.82) is 0 Å². The summed E-state index contributed by atoms with van der Waals surface area (Å²) in [5.41, 5.74) is 1.86. The third-order valence-electron chi connectivity index (χ3n) is 2.13. The molecular formula is C12H7Cl2NO. The van der Waals surface area contributed by atoms with Crippen molar-refractivity contribution in [3.8, 4) is 11.3 Å². The van der Waals surface area contributed by atoms with E-state index in [1.165, 1.54) is 0 Å². The predicted octanol–water partition coefficient (Wildman–Crippen LogP) is 3.87. The Labute approximate surface area is 103 Å². The largest absolute Gasteiger partial charge is 0.298 e. The molecule has 2 aromatic rings. The molecule has 1 aromatic heterocycles. The number of pyridine rings is 1. The number of hydrogen-bond donors (Lipinski definition) is 0. The summed E-state index contributed by atoms with van der Waals surface area (Å²) >= 11 is 11.7. The lowest BCUT2D eigenvalue weighted by Gasteiger charge is -2.04. The van der Waals surface area contributed by atoms with Crippen molar-refractivity contribution in [2.24, 2.45) is 0 Å². The highest BCUT2D eigenvalue weighted by Gasteiger charge is 2.07. The lowest BCUT2D eigenvalue weighted by atomic mass is 10.1. The van der Waals surface area contributed by atoms with Crippen LogP contribution in [0.1, 0.15) is 10.4 Å². The predicted molar refractivity (Wildman–Crippen MR) is 65.1 cm³/mol. The minimum Gasteiger partial charge on any atom is -0.298 e. The number of halogens is 2. The Hall–Kier alpha value is -1.38. The molecular weight excluding hydrogens is 245 g/mol. The number of aromatic nitrogens is 1. The van der Waals surface area contributed by atoms with Gasteiger partial charge in [0.2, 0.25) is 0 Å². The Bertz CT molecular complexity index is 540. The van der Waals surface area contributed by atoms with Crippen LogP contribution in [0.15, 0.2) is 36.4 Å². The Kier molecular flexibility index (Phi) is 3.22. The normalized spacial score (nSPS) is 10.1. The van der Waals surface area contributed by atoms with E-state index in [-0.39, 0.29) is 0 Å². The quantitative estimate of drug-likeness (QED) is 0.599. The van der Waals surface area contributed by atoms with Crippen LogP contribution in [0.25, 0.3) is 11.3 Å². The van der Waals surface area contributed by atoms with Crippen molar-refractivity contribution in [1.82, 2.24) is 4.98 Å². The highest BCUT2D eigenvalue weighted by molar-refractivity contribution is 6.31. The second-order valence-electron chi connectivity index (χ2n) is 3.19. The van der Waals surface area contributed by atoms with Gasteiger partial charge in [0.05, 0.1) is 5.69 Å². The van der Waals surface area contributed by atoms with E-state index in [9.17, 15) is 4.79 Å². The molecule has 0 aliphatic carbocycles. The summed E-state index contributed by atoms with van der Waals surface area (Å²) < 4.78 is 0. The van der Waals surface area contributed by atoms with Crippen LogP contribution >= 0.6 is 23.2 Å². The maximum atomic E-state index is 10.9. The topological polar surface area (TPSA) is 30.0 Å². The van der Waals surface area contributed by atoms with Crippen molar-refractivity contribution >= 4 is 29.5 Å². The molecule has 80 valence electrons. The molecule has 4 heteroatoms. The average Bonchev–Trinajstić information content (AvgIpc) is 2.29. The smallest absolute Gasteiger partial charge is 0.150 e. The Morgan fingerprint density at radius 3 is 2.62 bits per heavy atom. The highest BCUT2D eigenvalue weighted by Crippen LogP contribution is 2.25. The number of rotatable bonds is 2. The zero-order chi connectivity index (χ0) is 11.5. The summed E-state index contributed by atoms with van der Waals surface area (Å²) in [6, 6.07) is 10.3. The van der Waals surface area contributed by atoms with Gasteiger partial charge in [-0.2, -0.15) is 0 Å². The molecule has 2 rings (SSSR count). The molecule has 0 aliphatic heterocycles. The fraction of sp³-hybridized carbons (Fsp3) is 0. The molecule has 1 heterocycles. The summed E-state index contributed by atoms with van der Waals surface area (Å²) in [5, 5.41) is 0.941. The van der Waals surface area contributed by atoms with Gasteiger partial charge in [-0.15, -0.1) is 0 Å². The summed E-state index contributed by atoms with van der Waals surface area (Å²) in [5.74, 6) is 0. The van der Waals surface area contributed by atoms with Gasteiger partial charge in [-0.1, -0.05) is 29.3 Å². The van der Waals surface area contributed by atoms with Gasteiger partial charge >= 0.3 is 0 Å². The van der Waals surface area contributed by atoms with E-state index in [1.54, 1.807) is 36.4 Å². The van der Waals surface area contributed by atoms with Gasteiger partial charge in [-0.25, -0.2) is 4.98 Å². The molecule has 0 bridgehead atoms. The van der Waals surface area contributed by atoms with E-state index in [0.29, 0.717) is 27.0 Å². The molecule has 0 saturated heterocycles. The number of nitrogens with zero attached hydrogens (tertiary/aromatic N) is 1. The lowest BCUT2D eigenvalue weighted by molar-refractivity contribution is 0.112. The lowest BCUT2D eigenvalue weighted by Crippen LogP contribution is -1.90. The van der Waals surface area contributed by atoms with Crippen molar-refractivity contribution in [2.75, 3.05) is 0 Å². The maximum Gasteiger partial charge on any atom is 0.150 e. The molecule has 0 unspecified atom stereocenters. The standard InChI is InChI=1S/C12H7Cl2NO/c13-9-5-4-8(7-16)10(6-9)11-2-1-3-12(14)15-11/h1-7H. The van der Waals surface area contributed by atoms with E-state index < -0.39 is 0 Å². The van der Waals surface area contributed by atoms with Crippen LogP contribution in [0.3, 0.4) is 0 Å². The van der Waals surface area contributed by atoms with E-state index in [1.807, 2.05) is 0 Å². The molecule has 0 amide bonds. The van der Waals surface area contributed by atoms with Gasteiger partial charge < -0.3 is 0 Å². The number of carbonyl (C=O) groups excluding carboxylic acids is 1. The van der Waals surface area contributed by atoms with Crippen LogP contribution in [0.5, 0.6) is 0 Å². The first-order valence-corrected chi connectivity index (χ1v) is 5.34. The van der Waals surface area contributed by atoms with Gasteiger partial charge in [-0.05, 0) is 30.3 Å². The van der Waals surface area contributed by atoms with Crippen LogP contribution in [-0.4, -0.2) is 11.3 Å². The Balaban J connectivity index is 2.62. The Morgan fingerprint density at radius 2 is 1.94 bits per heavy atom. The minimum absolute atomic E-state index is 0.384. The third-order valence-corrected chi connectivity index (χ3v) is 2.58. The first-order valence-electron chi connectivity index (χ1n) is 4.58. The van der Waals surface area contributed by atoms with Gasteiger partial charge in [-0.3, -0.25) is 4.79 Å².